The van der Waals surface area contributed by atoms with Crippen molar-refractivity contribution < 1.29 is 0 Å². The van der Waals surface area contributed by atoms with E-state index in [0.29, 0.717) is 0 Å². The fourth-order valence-corrected chi connectivity index (χ4v) is 3.67. The lowest BCUT2D eigenvalue weighted by Gasteiger charge is -2.13. The van der Waals surface area contributed by atoms with Crippen LogP contribution in [0.5, 0.6) is 0 Å². The average molecular weight is 252 g/mol. The van der Waals surface area contributed by atoms with Crippen LogP contribution in [0.4, 0.5) is 0 Å². The van der Waals surface area contributed by atoms with Crippen LogP contribution in [0.15, 0.2) is 12.1 Å². The third-order valence-corrected chi connectivity index (χ3v) is 4.59. The molecule has 0 radical (unpaired) electrons. The van der Waals surface area contributed by atoms with Crippen molar-refractivity contribution >= 4 is 22.1 Å². The topological polar surface area (TPSA) is 35.6 Å². The third kappa shape index (κ3) is 1.24. The zero-order chi connectivity index (χ0) is 12.4. The highest BCUT2D eigenvalue weighted by atomic mass is 15.1. The molecule has 0 spiro atoms. The predicted octanol–water partition coefficient (Wildman–Crippen LogP) is 2.67. The molecule has 0 fully saturated rings. The van der Waals surface area contributed by atoms with Crippen molar-refractivity contribution in [3.63, 3.8) is 0 Å². The van der Waals surface area contributed by atoms with Gasteiger partial charge < -0.3 is 9.13 Å². The lowest BCUT2D eigenvalue weighted by atomic mass is 10.1. The summed E-state index contributed by atoms with van der Waals surface area (Å²) in [5.74, 6) is 2.51. The Morgan fingerprint density at radius 1 is 0.737 bits per heavy atom. The molecule has 0 amide bonds. The second-order valence-corrected chi connectivity index (χ2v) is 5.75. The molecule has 1 aromatic carbocycles. The van der Waals surface area contributed by atoms with E-state index >= 15 is 0 Å². The summed E-state index contributed by atoms with van der Waals surface area (Å²) in [5, 5.41) is 0. The molecule has 3 aromatic rings. The van der Waals surface area contributed by atoms with Crippen LogP contribution in [0.25, 0.3) is 22.1 Å². The van der Waals surface area contributed by atoms with Crippen molar-refractivity contribution in [2.24, 2.45) is 0 Å². The molecule has 0 saturated heterocycles. The predicted molar refractivity (Wildman–Crippen MR) is 74.3 cm³/mol. The van der Waals surface area contributed by atoms with Gasteiger partial charge in [-0.3, -0.25) is 0 Å². The van der Waals surface area contributed by atoms with Crippen LogP contribution < -0.4 is 0 Å². The molecular weight excluding hydrogens is 236 g/mol. The number of aryl methyl sites for hydroxylation is 4. The number of benzene rings is 1. The first kappa shape index (κ1) is 10.0. The molecule has 0 aliphatic carbocycles. The first-order chi connectivity index (χ1) is 9.40. The number of aromatic nitrogens is 4. The van der Waals surface area contributed by atoms with Gasteiger partial charge in [-0.2, -0.15) is 0 Å². The van der Waals surface area contributed by atoms with Gasteiger partial charge in [-0.25, -0.2) is 9.97 Å². The molecule has 0 bridgehead atoms. The van der Waals surface area contributed by atoms with E-state index in [1.807, 2.05) is 0 Å². The summed E-state index contributed by atoms with van der Waals surface area (Å²) in [7, 11) is 0. The number of rotatable bonds is 0. The molecule has 0 atom stereocenters. The van der Waals surface area contributed by atoms with Gasteiger partial charge in [0.15, 0.2) is 0 Å². The SMILES string of the molecule is c1c2nc3n(c2cc2nc4n(c12)CCCC4)CCC3. The number of nitrogens with zero attached hydrogens (tertiary/aromatic N) is 4. The highest BCUT2D eigenvalue weighted by molar-refractivity contribution is 5.92. The van der Waals surface area contributed by atoms with Crippen molar-refractivity contribution in [2.75, 3.05) is 0 Å². The Morgan fingerprint density at radius 3 is 2.00 bits per heavy atom. The summed E-state index contributed by atoms with van der Waals surface area (Å²) in [6.45, 7) is 2.23. The molecule has 4 heteroatoms. The quantitative estimate of drug-likeness (QED) is 0.616. The van der Waals surface area contributed by atoms with Gasteiger partial charge in [0.25, 0.3) is 0 Å². The Bertz CT molecular complexity index is 809. The van der Waals surface area contributed by atoms with Gasteiger partial charge in [0.05, 0.1) is 22.1 Å². The van der Waals surface area contributed by atoms with Crippen LogP contribution in [-0.2, 0) is 25.9 Å². The smallest absolute Gasteiger partial charge is 0.109 e. The Morgan fingerprint density at radius 2 is 1.32 bits per heavy atom. The molecule has 5 rings (SSSR count). The highest BCUT2D eigenvalue weighted by Gasteiger charge is 2.20. The first-order valence-electron chi connectivity index (χ1n) is 7.28. The zero-order valence-electron chi connectivity index (χ0n) is 10.9. The van der Waals surface area contributed by atoms with E-state index in [4.69, 9.17) is 9.97 Å². The molecule has 0 saturated carbocycles. The van der Waals surface area contributed by atoms with Gasteiger partial charge in [0, 0.05) is 25.9 Å². The Kier molecular flexibility index (Phi) is 1.78. The van der Waals surface area contributed by atoms with E-state index < -0.39 is 0 Å². The molecule has 19 heavy (non-hydrogen) atoms. The van der Waals surface area contributed by atoms with Gasteiger partial charge in [-0.05, 0) is 31.4 Å². The van der Waals surface area contributed by atoms with E-state index in [1.54, 1.807) is 0 Å². The lowest BCUT2D eigenvalue weighted by molar-refractivity contribution is 0.533. The number of fused-ring (bicyclic) bond motifs is 6. The maximum absolute atomic E-state index is 4.83. The largest absolute Gasteiger partial charge is 0.328 e. The summed E-state index contributed by atoms with van der Waals surface area (Å²) >= 11 is 0. The lowest BCUT2D eigenvalue weighted by Crippen LogP contribution is -2.09. The van der Waals surface area contributed by atoms with Crippen LogP contribution in [-0.4, -0.2) is 19.1 Å². The molecular formula is C15H16N4. The molecule has 2 aliphatic rings. The normalized spacial score (nSPS) is 18.1. The minimum atomic E-state index is 1.12. The molecule has 0 unspecified atom stereocenters. The molecule has 4 heterocycles. The molecule has 2 aliphatic heterocycles. The van der Waals surface area contributed by atoms with Crippen LogP contribution in [0.1, 0.15) is 30.9 Å². The molecule has 4 nitrogen and oxygen atoms in total. The minimum Gasteiger partial charge on any atom is -0.328 e. The number of hydrogen-bond acceptors (Lipinski definition) is 2. The van der Waals surface area contributed by atoms with Gasteiger partial charge in [-0.15, -0.1) is 0 Å². The van der Waals surface area contributed by atoms with Crippen molar-refractivity contribution in [3.8, 4) is 0 Å². The van der Waals surface area contributed by atoms with Crippen LogP contribution in [0, 0.1) is 0 Å². The summed E-state index contributed by atoms with van der Waals surface area (Å²) in [5.41, 5.74) is 4.85. The van der Waals surface area contributed by atoms with Crippen LogP contribution >= 0.6 is 0 Å². The van der Waals surface area contributed by atoms with Gasteiger partial charge in [-0.1, -0.05) is 0 Å². The van der Waals surface area contributed by atoms with E-state index in [9.17, 15) is 0 Å². The van der Waals surface area contributed by atoms with Crippen molar-refractivity contribution in [2.45, 2.75) is 45.2 Å². The molecule has 96 valence electrons. The van der Waals surface area contributed by atoms with Gasteiger partial charge >= 0.3 is 0 Å². The first-order valence-corrected chi connectivity index (χ1v) is 7.28. The molecule has 0 N–H and O–H groups in total. The fraction of sp³-hybridized carbons (Fsp3) is 0.467. The van der Waals surface area contributed by atoms with Crippen molar-refractivity contribution in [1.82, 2.24) is 19.1 Å². The summed E-state index contributed by atoms with van der Waals surface area (Å²) in [6.07, 6.45) is 6.03. The van der Waals surface area contributed by atoms with Gasteiger partial charge in [0.2, 0.25) is 0 Å². The minimum absolute atomic E-state index is 1.12. The number of hydrogen-bond donors (Lipinski definition) is 0. The monoisotopic (exact) mass is 252 g/mol. The second kappa shape index (κ2) is 3.38. The zero-order valence-corrected chi connectivity index (χ0v) is 10.9. The standard InChI is InChI=1S/C15H16N4/c1-2-6-18-12-8-11-13(9-10(12)16-14(18)4-1)19-7-3-5-15(19)17-11/h8-9H,1-7H2. The van der Waals surface area contributed by atoms with E-state index in [2.05, 4.69) is 21.3 Å². The maximum Gasteiger partial charge on any atom is 0.109 e. The second-order valence-electron chi connectivity index (χ2n) is 5.75. The fourth-order valence-electron chi connectivity index (χ4n) is 3.67. The van der Waals surface area contributed by atoms with Gasteiger partial charge in [0.1, 0.15) is 11.6 Å². The summed E-state index contributed by atoms with van der Waals surface area (Å²) < 4.78 is 4.76. The third-order valence-electron chi connectivity index (χ3n) is 4.59. The summed E-state index contributed by atoms with van der Waals surface area (Å²) in [6, 6.07) is 4.50. The van der Waals surface area contributed by atoms with E-state index in [1.165, 1.54) is 41.9 Å². The van der Waals surface area contributed by atoms with Crippen LogP contribution in [0.2, 0.25) is 0 Å². The number of imidazole rings is 2. The van der Waals surface area contributed by atoms with E-state index in [0.717, 1.165) is 37.0 Å². The van der Waals surface area contributed by atoms with E-state index in [-0.39, 0.29) is 0 Å². The van der Waals surface area contributed by atoms with Crippen molar-refractivity contribution in [1.29, 1.82) is 0 Å². The maximum atomic E-state index is 4.83. The molecule has 2 aromatic heterocycles. The average Bonchev–Trinajstić information content (AvgIpc) is 3.08. The Labute approximate surface area is 111 Å². The Hall–Kier alpha value is -1.84. The van der Waals surface area contributed by atoms with Crippen molar-refractivity contribution in [3.05, 3.63) is 23.8 Å². The highest BCUT2D eigenvalue weighted by Crippen LogP contribution is 2.29. The van der Waals surface area contributed by atoms with Crippen LogP contribution in [0.3, 0.4) is 0 Å². The summed E-state index contributed by atoms with van der Waals surface area (Å²) in [4.78, 5) is 9.62. The Balaban J connectivity index is 1.87.